The normalized spacial score (nSPS) is 11.6. The van der Waals surface area contributed by atoms with Crippen LogP contribution in [0.4, 0.5) is 5.69 Å². The third-order valence-electron chi connectivity index (χ3n) is 3.61. The van der Waals surface area contributed by atoms with Crippen LogP contribution in [0.3, 0.4) is 0 Å². The highest BCUT2D eigenvalue weighted by molar-refractivity contribution is 5.94. The molecule has 0 unspecified atom stereocenters. The average molecular weight is 337 g/mol. The van der Waals surface area contributed by atoms with Crippen LogP contribution in [0.1, 0.15) is 6.92 Å². The van der Waals surface area contributed by atoms with Crippen LogP contribution < -0.4 is 14.8 Å². The van der Waals surface area contributed by atoms with E-state index in [9.17, 15) is 4.79 Å². The molecular weight excluding hydrogens is 318 g/mol. The number of carbonyl (C=O) groups is 1. The Morgan fingerprint density at radius 3 is 2.48 bits per heavy atom. The number of methoxy groups -OCH3 is 1. The number of para-hydroxylation sites is 1. The van der Waals surface area contributed by atoms with Crippen LogP contribution in [0.2, 0.25) is 0 Å². The van der Waals surface area contributed by atoms with E-state index in [2.05, 4.69) is 10.4 Å². The molecule has 1 N–H and O–H groups in total. The molecule has 25 heavy (non-hydrogen) atoms. The van der Waals surface area contributed by atoms with E-state index in [1.165, 1.54) is 0 Å². The molecule has 3 aromatic rings. The minimum atomic E-state index is -0.679. The maximum atomic E-state index is 12.2. The van der Waals surface area contributed by atoms with Gasteiger partial charge in [-0.05, 0) is 43.3 Å². The van der Waals surface area contributed by atoms with E-state index in [1.54, 1.807) is 55.2 Å². The van der Waals surface area contributed by atoms with Gasteiger partial charge in [-0.25, -0.2) is 4.68 Å². The van der Waals surface area contributed by atoms with Crippen LogP contribution in [0.15, 0.2) is 66.9 Å². The van der Waals surface area contributed by atoms with Crippen molar-refractivity contribution in [2.75, 3.05) is 12.4 Å². The number of amides is 1. The Hall–Kier alpha value is -3.28. The van der Waals surface area contributed by atoms with E-state index >= 15 is 0 Å². The third kappa shape index (κ3) is 4.17. The molecule has 0 aliphatic carbocycles. The molecule has 0 bridgehead atoms. The van der Waals surface area contributed by atoms with Gasteiger partial charge in [0.2, 0.25) is 5.88 Å². The summed E-state index contributed by atoms with van der Waals surface area (Å²) in [6.07, 6.45) is 1.11. The maximum Gasteiger partial charge on any atom is 0.265 e. The van der Waals surface area contributed by atoms with Gasteiger partial charge >= 0.3 is 0 Å². The highest BCUT2D eigenvalue weighted by Crippen LogP contribution is 2.16. The molecule has 1 atom stereocenters. The molecule has 1 aromatic heterocycles. The molecule has 0 radical (unpaired) electrons. The Morgan fingerprint density at radius 2 is 1.80 bits per heavy atom. The first kappa shape index (κ1) is 16.6. The van der Waals surface area contributed by atoms with Gasteiger partial charge in [0.1, 0.15) is 5.75 Å². The number of hydrogen-bond donors (Lipinski definition) is 1. The summed E-state index contributed by atoms with van der Waals surface area (Å²) < 4.78 is 12.4. The van der Waals surface area contributed by atoms with Gasteiger partial charge in [0.25, 0.3) is 5.91 Å². The zero-order valence-corrected chi connectivity index (χ0v) is 14.0. The summed E-state index contributed by atoms with van der Waals surface area (Å²) in [6, 6.07) is 18.5. The van der Waals surface area contributed by atoms with Crippen LogP contribution in [0.5, 0.6) is 11.6 Å². The molecule has 0 saturated carbocycles. The second-order valence-corrected chi connectivity index (χ2v) is 5.41. The van der Waals surface area contributed by atoms with Crippen molar-refractivity contribution < 1.29 is 14.3 Å². The lowest BCUT2D eigenvalue weighted by Crippen LogP contribution is -2.30. The van der Waals surface area contributed by atoms with Crippen LogP contribution in [-0.2, 0) is 4.79 Å². The molecule has 3 rings (SSSR count). The number of nitrogens with zero attached hydrogens (tertiary/aromatic N) is 2. The second-order valence-electron chi connectivity index (χ2n) is 5.41. The van der Waals surface area contributed by atoms with Crippen molar-refractivity contribution in [2.45, 2.75) is 13.0 Å². The van der Waals surface area contributed by atoms with E-state index in [0.717, 1.165) is 11.4 Å². The molecule has 0 fully saturated rings. The summed E-state index contributed by atoms with van der Waals surface area (Å²) in [4.78, 5) is 12.2. The van der Waals surface area contributed by atoms with Gasteiger partial charge in [-0.1, -0.05) is 18.2 Å². The van der Waals surface area contributed by atoms with Crippen molar-refractivity contribution in [3.05, 3.63) is 66.9 Å². The van der Waals surface area contributed by atoms with E-state index < -0.39 is 6.10 Å². The Morgan fingerprint density at radius 1 is 1.08 bits per heavy atom. The molecule has 0 saturated heterocycles. The minimum absolute atomic E-state index is 0.251. The molecule has 0 aliphatic rings. The van der Waals surface area contributed by atoms with Crippen molar-refractivity contribution in [1.82, 2.24) is 9.78 Å². The first-order valence-corrected chi connectivity index (χ1v) is 7.88. The molecular formula is C19H19N3O3. The lowest BCUT2D eigenvalue weighted by molar-refractivity contribution is -0.122. The summed E-state index contributed by atoms with van der Waals surface area (Å²) in [5, 5.41) is 7.13. The second kappa shape index (κ2) is 7.53. The molecule has 1 amide bonds. The molecule has 6 heteroatoms. The molecule has 0 spiro atoms. The molecule has 6 nitrogen and oxygen atoms in total. The lowest BCUT2D eigenvalue weighted by atomic mass is 10.3. The monoisotopic (exact) mass is 337 g/mol. The predicted molar refractivity (Wildman–Crippen MR) is 95.3 cm³/mol. The number of aromatic nitrogens is 2. The van der Waals surface area contributed by atoms with Crippen molar-refractivity contribution in [1.29, 1.82) is 0 Å². The van der Waals surface area contributed by atoms with Crippen LogP contribution in [0, 0.1) is 0 Å². The number of rotatable bonds is 6. The maximum absolute atomic E-state index is 12.2. The molecule has 1 heterocycles. The SMILES string of the molecule is COc1ccc(NC(=O)[C@H](C)Oc2ccn(-c3ccccc3)n2)cc1. The summed E-state index contributed by atoms with van der Waals surface area (Å²) in [5.41, 5.74) is 1.60. The van der Waals surface area contributed by atoms with Gasteiger partial charge in [-0.2, -0.15) is 0 Å². The van der Waals surface area contributed by atoms with Gasteiger partial charge in [-0.15, -0.1) is 5.10 Å². The molecule has 2 aromatic carbocycles. The van der Waals surface area contributed by atoms with Gasteiger partial charge in [0.15, 0.2) is 6.10 Å². The Kier molecular flexibility index (Phi) is 4.99. The first-order chi connectivity index (χ1) is 12.2. The van der Waals surface area contributed by atoms with E-state index in [0.29, 0.717) is 11.6 Å². The number of benzene rings is 2. The number of hydrogen-bond acceptors (Lipinski definition) is 4. The highest BCUT2D eigenvalue weighted by Gasteiger charge is 2.16. The Balaban J connectivity index is 1.60. The van der Waals surface area contributed by atoms with Crippen molar-refractivity contribution >= 4 is 11.6 Å². The highest BCUT2D eigenvalue weighted by atomic mass is 16.5. The van der Waals surface area contributed by atoms with E-state index in [4.69, 9.17) is 9.47 Å². The van der Waals surface area contributed by atoms with Crippen molar-refractivity contribution in [3.8, 4) is 17.3 Å². The fraction of sp³-hybridized carbons (Fsp3) is 0.158. The van der Waals surface area contributed by atoms with Crippen LogP contribution in [0.25, 0.3) is 5.69 Å². The van der Waals surface area contributed by atoms with Crippen molar-refractivity contribution in [2.24, 2.45) is 0 Å². The predicted octanol–water partition coefficient (Wildman–Crippen LogP) is 3.29. The zero-order chi connectivity index (χ0) is 17.6. The number of ether oxygens (including phenoxy) is 2. The molecule has 128 valence electrons. The summed E-state index contributed by atoms with van der Waals surface area (Å²) in [6.45, 7) is 1.68. The standard InChI is InChI=1S/C19H19N3O3/c1-14(19(23)20-15-8-10-17(24-2)11-9-15)25-18-12-13-22(21-18)16-6-4-3-5-7-16/h3-14H,1-2H3,(H,20,23)/t14-/m0/s1. The largest absolute Gasteiger partial charge is 0.497 e. The number of nitrogens with one attached hydrogen (secondary N) is 1. The average Bonchev–Trinajstić information content (AvgIpc) is 3.11. The van der Waals surface area contributed by atoms with E-state index in [-0.39, 0.29) is 5.91 Å². The van der Waals surface area contributed by atoms with E-state index in [1.807, 2.05) is 30.3 Å². The van der Waals surface area contributed by atoms with Crippen LogP contribution >= 0.6 is 0 Å². The fourth-order valence-electron chi connectivity index (χ4n) is 2.25. The minimum Gasteiger partial charge on any atom is -0.497 e. The summed E-state index contributed by atoms with van der Waals surface area (Å²) >= 11 is 0. The summed E-state index contributed by atoms with van der Waals surface area (Å²) in [5.74, 6) is 0.870. The molecule has 0 aliphatic heterocycles. The third-order valence-corrected chi connectivity index (χ3v) is 3.61. The van der Waals surface area contributed by atoms with Gasteiger partial charge in [0, 0.05) is 18.0 Å². The van der Waals surface area contributed by atoms with Gasteiger partial charge in [-0.3, -0.25) is 4.79 Å². The fourth-order valence-corrected chi connectivity index (χ4v) is 2.25. The lowest BCUT2D eigenvalue weighted by Gasteiger charge is -2.13. The summed E-state index contributed by atoms with van der Waals surface area (Å²) in [7, 11) is 1.60. The van der Waals surface area contributed by atoms with Gasteiger partial charge < -0.3 is 14.8 Å². The quantitative estimate of drug-likeness (QED) is 0.750. The zero-order valence-electron chi connectivity index (χ0n) is 14.0. The first-order valence-electron chi connectivity index (χ1n) is 7.88. The number of carbonyl (C=O) groups excluding carboxylic acids is 1. The Labute approximate surface area is 146 Å². The van der Waals surface area contributed by atoms with Crippen LogP contribution in [-0.4, -0.2) is 28.9 Å². The van der Waals surface area contributed by atoms with Crippen molar-refractivity contribution in [3.63, 3.8) is 0 Å². The number of anilines is 1. The smallest absolute Gasteiger partial charge is 0.265 e. The Bertz CT molecular complexity index is 829. The topological polar surface area (TPSA) is 65.4 Å². The van der Waals surface area contributed by atoms with Gasteiger partial charge in [0.05, 0.1) is 12.8 Å².